The zero-order chi connectivity index (χ0) is 17.6. The van der Waals surface area contributed by atoms with Gasteiger partial charge >= 0.3 is 0 Å². The first-order valence-electron chi connectivity index (χ1n) is 7.71. The zero-order valence-electron chi connectivity index (χ0n) is 13.3. The van der Waals surface area contributed by atoms with Crippen molar-refractivity contribution in [3.8, 4) is 5.75 Å². The van der Waals surface area contributed by atoms with Crippen molar-refractivity contribution in [1.29, 1.82) is 0 Å². The van der Waals surface area contributed by atoms with Crippen molar-refractivity contribution in [2.75, 3.05) is 0 Å². The molecule has 0 spiro atoms. The van der Waals surface area contributed by atoms with Gasteiger partial charge in [0.2, 0.25) is 0 Å². The SMILES string of the molecule is O=C(Cc1cccnc1)c1cc(Br)ccc1OCc1ccccc1F. The Hall–Kier alpha value is -2.53. The third-order valence-corrected chi connectivity index (χ3v) is 4.16. The van der Waals surface area contributed by atoms with E-state index < -0.39 is 0 Å². The van der Waals surface area contributed by atoms with E-state index in [0.717, 1.165) is 10.0 Å². The van der Waals surface area contributed by atoms with Crippen molar-refractivity contribution in [3.05, 3.63) is 94.0 Å². The maximum absolute atomic E-state index is 13.7. The number of halogens is 2. The van der Waals surface area contributed by atoms with Gasteiger partial charge in [-0.05, 0) is 35.9 Å². The van der Waals surface area contributed by atoms with E-state index in [1.807, 2.05) is 6.07 Å². The lowest BCUT2D eigenvalue weighted by Crippen LogP contribution is -2.08. The highest BCUT2D eigenvalue weighted by Gasteiger charge is 2.15. The van der Waals surface area contributed by atoms with Crippen LogP contribution in [-0.2, 0) is 13.0 Å². The second kappa shape index (κ2) is 8.03. The molecular formula is C20H15BrFNO2. The summed E-state index contributed by atoms with van der Waals surface area (Å²) in [6, 6.07) is 15.3. The summed E-state index contributed by atoms with van der Waals surface area (Å²) in [6.45, 7) is 0.0570. The van der Waals surface area contributed by atoms with E-state index in [9.17, 15) is 9.18 Å². The zero-order valence-corrected chi connectivity index (χ0v) is 14.9. The van der Waals surface area contributed by atoms with Gasteiger partial charge in [-0.3, -0.25) is 9.78 Å². The average molecular weight is 400 g/mol. The number of carbonyl (C=O) groups excluding carboxylic acids is 1. The summed E-state index contributed by atoms with van der Waals surface area (Å²) in [5, 5.41) is 0. The molecular weight excluding hydrogens is 385 g/mol. The van der Waals surface area contributed by atoms with E-state index in [1.54, 1.807) is 54.9 Å². The predicted molar refractivity (Wildman–Crippen MR) is 97.1 cm³/mol. The Morgan fingerprint density at radius 3 is 2.72 bits per heavy atom. The fraction of sp³-hybridized carbons (Fsp3) is 0.100. The van der Waals surface area contributed by atoms with Gasteiger partial charge in [-0.15, -0.1) is 0 Å². The van der Waals surface area contributed by atoms with Crippen LogP contribution >= 0.6 is 15.9 Å². The molecule has 3 nitrogen and oxygen atoms in total. The van der Waals surface area contributed by atoms with E-state index >= 15 is 0 Å². The number of hydrogen-bond acceptors (Lipinski definition) is 3. The number of rotatable bonds is 6. The molecule has 3 rings (SSSR count). The Morgan fingerprint density at radius 2 is 1.96 bits per heavy atom. The maximum Gasteiger partial charge on any atom is 0.171 e. The Kier molecular flexibility index (Phi) is 5.56. The Bertz CT molecular complexity index is 884. The summed E-state index contributed by atoms with van der Waals surface area (Å²) in [7, 11) is 0. The number of pyridine rings is 1. The molecule has 5 heteroatoms. The third kappa shape index (κ3) is 4.51. The number of aromatic nitrogens is 1. The number of ether oxygens (including phenoxy) is 1. The second-order valence-electron chi connectivity index (χ2n) is 5.48. The van der Waals surface area contributed by atoms with Gasteiger partial charge < -0.3 is 4.74 Å². The third-order valence-electron chi connectivity index (χ3n) is 3.67. The molecule has 1 heterocycles. The van der Waals surface area contributed by atoms with E-state index in [0.29, 0.717) is 16.9 Å². The summed E-state index contributed by atoms with van der Waals surface area (Å²) in [5.41, 5.74) is 1.72. The van der Waals surface area contributed by atoms with E-state index in [-0.39, 0.29) is 24.6 Å². The van der Waals surface area contributed by atoms with Gasteiger partial charge in [0.15, 0.2) is 5.78 Å². The molecule has 2 aromatic carbocycles. The monoisotopic (exact) mass is 399 g/mol. The summed E-state index contributed by atoms with van der Waals surface area (Å²) < 4.78 is 20.2. The number of carbonyl (C=O) groups is 1. The van der Waals surface area contributed by atoms with E-state index in [4.69, 9.17) is 4.74 Å². The van der Waals surface area contributed by atoms with Crippen LogP contribution in [0.2, 0.25) is 0 Å². The van der Waals surface area contributed by atoms with Gasteiger partial charge in [-0.25, -0.2) is 4.39 Å². The summed E-state index contributed by atoms with van der Waals surface area (Å²) in [5.74, 6) is 0.0148. The lowest BCUT2D eigenvalue weighted by Gasteiger charge is -2.12. The van der Waals surface area contributed by atoms with Gasteiger partial charge in [-0.1, -0.05) is 40.2 Å². The minimum absolute atomic E-state index is 0.0570. The van der Waals surface area contributed by atoms with Crippen LogP contribution in [0.25, 0.3) is 0 Å². The molecule has 0 amide bonds. The fourth-order valence-electron chi connectivity index (χ4n) is 2.40. The van der Waals surface area contributed by atoms with Crippen LogP contribution in [0.3, 0.4) is 0 Å². The Balaban J connectivity index is 1.80. The summed E-state index contributed by atoms with van der Waals surface area (Å²) in [4.78, 5) is 16.7. The van der Waals surface area contributed by atoms with Gasteiger partial charge in [0.1, 0.15) is 18.2 Å². The van der Waals surface area contributed by atoms with Crippen LogP contribution in [-0.4, -0.2) is 10.8 Å². The van der Waals surface area contributed by atoms with Crippen molar-refractivity contribution in [3.63, 3.8) is 0 Å². The maximum atomic E-state index is 13.7. The average Bonchev–Trinajstić information content (AvgIpc) is 2.62. The van der Waals surface area contributed by atoms with Gasteiger partial charge in [-0.2, -0.15) is 0 Å². The van der Waals surface area contributed by atoms with Gasteiger partial charge in [0, 0.05) is 28.9 Å². The molecule has 126 valence electrons. The molecule has 0 atom stereocenters. The molecule has 25 heavy (non-hydrogen) atoms. The molecule has 0 fully saturated rings. The predicted octanol–water partition coefficient (Wildman–Crippen LogP) is 4.99. The molecule has 0 aliphatic heterocycles. The first-order chi connectivity index (χ1) is 12.1. The van der Waals surface area contributed by atoms with Crippen molar-refractivity contribution in [1.82, 2.24) is 4.98 Å². The van der Waals surface area contributed by atoms with Crippen molar-refractivity contribution >= 4 is 21.7 Å². The minimum atomic E-state index is -0.331. The second-order valence-corrected chi connectivity index (χ2v) is 6.40. The normalized spacial score (nSPS) is 10.5. The van der Waals surface area contributed by atoms with E-state index in [1.165, 1.54) is 6.07 Å². The molecule has 0 radical (unpaired) electrons. The minimum Gasteiger partial charge on any atom is -0.488 e. The Morgan fingerprint density at radius 1 is 1.12 bits per heavy atom. The molecule has 0 saturated heterocycles. The molecule has 0 aliphatic carbocycles. The van der Waals surface area contributed by atoms with Crippen molar-refractivity contribution in [2.45, 2.75) is 13.0 Å². The van der Waals surface area contributed by atoms with Crippen LogP contribution in [0.5, 0.6) is 5.75 Å². The number of nitrogens with zero attached hydrogens (tertiary/aromatic N) is 1. The lowest BCUT2D eigenvalue weighted by molar-refractivity contribution is 0.0988. The molecule has 0 aliphatic rings. The molecule has 0 saturated carbocycles. The molecule has 0 N–H and O–H groups in total. The van der Waals surface area contributed by atoms with Crippen LogP contribution in [0.15, 0.2) is 71.5 Å². The molecule has 3 aromatic rings. The topological polar surface area (TPSA) is 39.2 Å². The lowest BCUT2D eigenvalue weighted by atomic mass is 10.0. The summed E-state index contributed by atoms with van der Waals surface area (Å²) >= 11 is 3.38. The number of benzene rings is 2. The smallest absolute Gasteiger partial charge is 0.171 e. The molecule has 0 unspecified atom stereocenters. The van der Waals surface area contributed by atoms with Crippen molar-refractivity contribution in [2.24, 2.45) is 0 Å². The highest BCUT2D eigenvalue weighted by molar-refractivity contribution is 9.10. The Labute approximate surface area is 153 Å². The largest absolute Gasteiger partial charge is 0.488 e. The summed E-state index contributed by atoms with van der Waals surface area (Å²) in [6.07, 6.45) is 3.55. The van der Waals surface area contributed by atoms with Crippen LogP contribution in [0.4, 0.5) is 4.39 Å². The first kappa shape index (κ1) is 17.3. The molecule has 0 bridgehead atoms. The number of hydrogen-bond donors (Lipinski definition) is 0. The number of Topliss-reactive ketones (excluding diaryl/α,β-unsaturated/α-hetero) is 1. The van der Waals surface area contributed by atoms with Crippen molar-refractivity contribution < 1.29 is 13.9 Å². The first-order valence-corrected chi connectivity index (χ1v) is 8.50. The standard InChI is InChI=1S/C20H15BrFNO2/c21-16-7-8-20(25-13-15-5-1-2-6-18(15)22)17(11-16)19(24)10-14-4-3-9-23-12-14/h1-9,11-12H,10,13H2. The van der Waals surface area contributed by atoms with Gasteiger partial charge in [0.05, 0.1) is 5.56 Å². The van der Waals surface area contributed by atoms with E-state index in [2.05, 4.69) is 20.9 Å². The highest BCUT2D eigenvalue weighted by atomic mass is 79.9. The quantitative estimate of drug-likeness (QED) is 0.548. The fourth-order valence-corrected chi connectivity index (χ4v) is 2.76. The van der Waals surface area contributed by atoms with Crippen LogP contribution in [0, 0.1) is 5.82 Å². The highest BCUT2D eigenvalue weighted by Crippen LogP contribution is 2.26. The number of ketones is 1. The van der Waals surface area contributed by atoms with Crippen LogP contribution < -0.4 is 4.74 Å². The van der Waals surface area contributed by atoms with Gasteiger partial charge in [0.25, 0.3) is 0 Å². The van der Waals surface area contributed by atoms with Crippen LogP contribution in [0.1, 0.15) is 21.5 Å². The molecule has 1 aromatic heterocycles.